The highest BCUT2D eigenvalue weighted by molar-refractivity contribution is 8.10. The summed E-state index contributed by atoms with van der Waals surface area (Å²) in [5.41, 5.74) is 0. The molecule has 0 saturated carbocycles. The van der Waals surface area contributed by atoms with Crippen LogP contribution in [-0.2, 0) is 4.74 Å². The third-order valence-electron chi connectivity index (χ3n) is 0.268. The zero-order valence-electron chi connectivity index (χ0n) is 4.79. The van der Waals surface area contributed by atoms with Gasteiger partial charge in [-0.25, -0.2) is 0 Å². The van der Waals surface area contributed by atoms with Crippen LogP contribution in [-0.4, -0.2) is 15.3 Å². The summed E-state index contributed by atoms with van der Waals surface area (Å²) in [6.45, 7) is 2.48. The average molecular weight is 198 g/mol. The van der Waals surface area contributed by atoms with Crippen molar-refractivity contribution in [1.29, 1.82) is 0 Å². The Labute approximate surface area is 76.2 Å². The first-order valence-corrected chi connectivity index (χ1v) is 3.71. The summed E-state index contributed by atoms with van der Waals surface area (Å²) in [6.07, 6.45) is 0. The molecule has 0 unspecified atom stereocenters. The van der Waals surface area contributed by atoms with Crippen molar-refractivity contribution in [1.82, 2.24) is 0 Å². The largest absolute Gasteiger partial charge is 0.479 e. The van der Waals surface area contributed by atoms with Gasteiger partial charge in [0.2, 0.25) is 4.38 Å². The average Bonchev–Trinajstić information content (AvgIpc) is 1.67. The molecule has 1 nitrogen and oxygen atoms in total. The molecule has 0 bridgehead atoms. The number of thiocarbonyl (C=S) groups is 3. The molecule has 0 radical (unpaired) electrons. The molecule has 5 heteroatoms. The van der Waals surface area contributed by atoms with Crippen molar-refractivity contribution in [3.05, 3.63) is 0 Å². The fourth-order valence-corrected chi connectivity index (χ4v) is 0.370. The van der Waals surface area contributed by atoms with Gasteiger partial charge in [0.15, 0.2) is 0 Å². The van der Waals surface area contributed by atoms with Gasteiger partial charge in [-0.15, -0.1) is 0 Å². The smallest absolute Gasteiger partial charge is 0.216 e. The van der Waals surface area contributed by atoms with Crippen molar-refractivity contribution in [3.63, 3.8) is 0 Å². The van der Waals surface area contributed by atoms with E-state index in [4.69, 9.17) is 0 Å². The standard InChI is InChI=1S/C3H6OS2.CS2/c1-2-4-3(5)6;2-1-3/h2H2,1H3,(H,5,6);. The molecular weight excluding hydrogens is 192 g/mol. The highest BCUT2D eigenvalue weighted by Gasteiger charge is 1.77. The maximum Gasteiger partial charge on any atom is 0.216 e. The van der Waals surface area contributed by atoms with Gasteiger partial charge in [-0.1, -0.05) is 12.6 Å². The van der Waals surface area contributed by atoms with Crippen LogP contribution in [0.4, 0.5) is 0 Å². The lowest BCUT2D eigenvalue weighted by Crippen LogP contribution is -1.89. The van der Waals surface area contributed by atoms with Crippen molar-refractivity contribution in [2.24, 2.45) is 0 Å². The predicted molar refractivity (Wildman–Crippen MR) is 53.4 cm³/mol. The van der Waals surface area contributed by atoms with Crippen LogP contribution in [0, 0.1) is 0 Å². The minimum Gasteiger partial charge on any atom is -0.479 e. The predicted octanol–water partition coefficient (Wildman–Crippen LogP) is 2.26. The van der Waals surface area contributed by atoms with E-state index in [0.29, 0.717) is 11.0 Å². The Morgan fingerprint density at radius 1 is 1.67 bits per heavy atom. The first kappa shape index (κ1) is 12.2. The van der Waals surface area contributed by atoms with E-state index >= 15 is 0 Å². The van der Waals surface area contributed by atoms with E-state index in [9.17, 15) is 0 Å². The maximum atomic E-state index is 4.64. The summed E-state index contributed by atoms with van der Waals surface area (Å²) >= 11 is 16.0. The van der Waals surface area contributed by atoms with Crippen LogP contribution in [0.15, 0.2) is 0 Å². The summed E-state index contributed by atoms with van der Waals surface area (Å²) in [5, 5.41) is 0. The van der Waals surface area contributed by atoms with Gasteiger partial charge in [-0.2, -0.15) is 0 Å². The molecule has 0 amide bonds. The number of hydrogen-bond donors (Lipinski definition) is 1. The molecule has 0 aromatic rings. The van der Waals surface area contributed by atoms with Gasteiger partial charge in [0.1, 0.15) is 0 Å². The van der Waals surface area contributed by atoms with Gasteiger partial charge in [0, 0.05) is 4.31 Å². The normalized spacial score (nSPS) is 6.00. The fraction of sp³-hybridized carbons (Fsp3) is 0.500. The molecule has 0 aromatic heterocycles. The summed E-state index contributed by atoms with van der Waals surface area (Å²) in [4.78, 5) is 0. The number of thiol groups is 1. The van der Waals surface area contributed by atoms with E-state index in [0.717, 1.165) is 0 Å². The third kappa shape index (κ3) is 29.5. The Bertz CT molecular complexity index is 105. The lowest BCUT2D eigenvalue weighted by atomic mass is 10.9. The van der Waals surface area contributed by atoms with Crippen LogP contribution >= 0.6 is 49.3 Å². The highest BCUT2D eigenvalue weighted by Crippen LogP contribution is 1.83. The molecule has 0 aliphatic heterocycles. The minimum absolute atomic E-state index is 0.317. The first-order valence-electron chi connectivity index (χ1n) is 2.04. The van der Waals surface area contributed by atoms with Crippen molar-refractivity contribution < 1.29 is 4.74 Å². The van der Waals surface area contributed by atoms with Crippen LogP contribution < -0.4 is 0 Å². The molecule has 0 heterocycles. The molecule has 0 N–H and O–H groups in total. The SMILES string of the molecule is CCOC(=S)S.S=C=S. The Kier molecular flexibility index (Phi) is 15.3. The molecule has 0 rings (SSSR count). The van der Waals surface area contributed by atoms with E-state index in [1.54, 1.807) is 0 Å². The maximum absolute atomic E-state index is 4.64. The quantitative estimate of drug-likeness (QED) is 0.511. The lowest BCUT2D eigenvalue weighted by Gasteiger charge is -1.92. The second-order valence-corrected chi connectivity index (χ2v) is 2.53. The topological polar surface area (TPSA) is 9.23 Å². The molecule has 0 fully saturated rings. The zero-order valence-corrected chi connectivity index (χ0v) is 8.13. The zero-order chi connectivity index (χ0) is 7.70. The van der Waals surface area contributed by atoms with E-state index in [1.165, 1.54) is 0 Å². The van der Waals surface area contributed by atoms with Crippen LogP contribution in [0.2, 0.25) is 0 Å². The fourth-order valence-electron chi connectivity index (χ4n) is 0.123. The summed E-state index contributed by atoms with van der Waals surface area (Å²) in [5.74, 6) is 0. The first-order chi connectivity index (χ1) is 4.18. The molecular formula is C4H6OS4. The lowest BCUT2D eigenvalue weighted by molar-refractivity contribution is 0.346. The van der Waals surface area contributed by atoms with E-state index in [-0.39, 0.29) is 0 Å². The summed E-state index contributed by atoms with van der Waals surface area (Å²) in [7, 11) is 0. The Hall–Kier alpha value is 0.460. The highest BCUT2D eigenvalue weighted by atomic mass is 32.1. The van der Waals surface area contributed by atoms with Crippen LogP contribution in [0.3, 0.4) is 0 Å². The second-order valence-electron chi connectivity index (χ2n) is 0.782. The van der Waals surface area contributed by atoms with Gasteiger partial charge in [0.25, 0.3) is 0 Å². The van der Waals surface area contributed by atoms with Gasteiger partial charge < -0.3 is 4.74 Å². The molecule has 0 atom stereocenters. The van der Waals surface area contributed by atoms with Crippen molar-refractivity contribution in [3.8, 4) is 0 Å². The van der Waals surface area contributed by atoms with E-state index < -0.39 is 0 Å². The summed E-state index contributed by atoms with van der Waals surface area (Å²) < 4.78 is 6.87. The van der Waals surface area contributed by atoms with Gasteiger partial charge >= 0.3 is 0 Å². The minimum atomic E-state index is 0.317. The Morgan fingerprint density at radius 3 is 2.00 bits per heavy atom. The molecule has 9 heavy (non-hydrogen) atoms. The molecule has 0 spiro atoms. The Morgan fingerprint density at radius 2 is 2.00 bits per heavy atom. The molecule has 0 aliphatic carbocycles. The number of hydrogen-bond acceptors (Lipinski definition) is 4. The Balaban J connectivity index is 0. The van der Waals surface area contributed by atoms with E-state index in [1.807, 2.05) is 11.2 Å². The van der Waals surface area contributed by atoms with Gasteiger partial charge in [-0.3, -0.25) is 0 Å². The molecule has 0 aromatic carbocycles. The molecule has 0 saturated heterocycles. The second kappa shape index (κ2) is 11.3. The van der Waals surface area contributed by atoms with E-state index in [2.05, 4.69) is 54.0 Å². The van der Waals surface area contributed by atoms with Gasteiger partial charge in [0.05, 0.1) is 6.61 Å². The third-order valence-corrected chi connectivity index (χ3v) is 0.515. The van der Waals surface area contributed by atoms with Crippen molar-refractivity contribution in [2.45, 2.75) is 6.92 Å². The number of ether oxygens (including phenoxy) is 1. The molecule has 52 valence electrons. The van der Waals surface area contributed by atoms with Crippen molar-refractivity contribution >= 4 is 58.0 Å². The summed E-state index contributed by atoms with van der Waals surface area (Å²) in [6, 6.07) is 0. The molecule has 0 aliphatic rings. The van der Waals surface area contributed by atoms with Crippen LogP contribution in [0.5, 0.6) is 0 Å². The van der Waals surface area contributed by atoms with Crippen LogP contribution in [0.25, 0.3) is 0 Å². The van der Waals surface area contributed by atoms with Crippen LogP contribution in [0.1, 0.15) is 6.92 Å². The van der Waals surface area contributed by atoms with Gasteiger partial charge in [-0.05, 0) is 43.6 Å². The number of rotatable bonds is 1. The monoisotopic (exact) mass is 198 g/mol. The van der Waals surface area contributed by atoms with Crippen molar-refractivity contribution in [2.75, 3.05) is 6.61 Å².